The third kappa shape index (κ3) is 2.76. The van der Waals surface area contributed by atoms with Gasteiger partial charge in [-0.1, -0.05) is 6.07 Å². The lowest BCUT2D eigenvalue weighted by Gasteiger charge is -2.22. The van der Waals surface area contributed by atoms with Crippen LogP contribution in [0.1, 0.15) is 18.4 Å². The Balaban J connectivity index is 2.08. The van der Waals surface area contributed by atoms with Crippen molar-refractivity contribution < 1.29 is 14.2 Å². The van der Waals surface area contributed by atoms with Gasteiger partial charge in [0.05, 0.1) is 13.7 Å². The molecule has 2 rings (SSSR count). The fourth-order valence-corrected chi connectivity index (χ4v) is 2.31. The second-order valence-electron chi connectivity index (χ2n) is 4.41. The number of hydrogen-bond acceptors (Lipinski definition) is 3. The van der Waals surface area contributed by atoms with Gasteiger partial charge in [-0.3, -0.25) is 4.90 Å². The highest BCUT2D eigenvalue weighted by molar-refractivity contribution is 5.28. The van der Waals surface area contributed by atoms with Crippen molar-refractivity contribution in [3.63, 3.8) is 0 Å². The monoisotopic (exact) mass is 239 g/mol. The Hall–Kier alpha value is -1.13. The number of methoxy groups -OCH3 is 1. The van der Waals surface area contributed by atoms with E-state index in [4.69, 9.17) is 4.74 Å². The molecule has 0 aliphatic carbocycles. The van der Waals surface area contributed by atoms with Crippen molar-refractivity contribution in [2.75, 3.05) is 20.3 Å². The topological polar surface area (TPSA) is 32.7 Å². The molecule has 1 aromatic rings. The van der Waals surface area contributed by atoms with Crippen LogP contribution in [0.15, 0.2) is 18.2 Å². The molecule has 0 aromatic heterocycles. The molecule has 1 unspecified atom stereocenters. The van der Waals surface area contributed by atoms with E-state index in [1.807, 2.05) is 0 Å². The van der Waals surface area contributed by atoms with Crippen molar-refractivity contribution in [3.8, 4) is 5.75 Å². The summed E-state index contributed by atoms with van der Waals surface area (Å²) in [5.41, 5.74) is 0.658. The molecule has 94 valence electrons. The van der Waals surface area contributed by atoms with E-state index in [1.54, 1.807) is 12.1 Å². The number of likely N-dealkylation sites (tertiary alicyclic amines) is 1. The predicted molar refractivity (Wildman–Crippen MR) is 63.5 cm³/mol. The van der Waals surface area contributed by atoms with Gasteiger partial charge in [-0.05, 0) is 25.5 Å². The second kappa shape index (κ2) is 5.47. The van der Waals surface area contributed by atoms with Gasteiger partial charge < -0.3 is 9.84 Å². The van der Waals surface area contributed by atoms with Crippen LogP contribution < -0.4 is 4.74 Å². The highest BCUT2D eigenvalue weighted by atomic mass is 19.1. The smallest absolute Gasteiger partial charge is 0.131 e. The summed E-state index contributed by atoms with van der Waals surface area (Å²) in [6.07, 6.45) is 2.07. The van der Waals surface area contributed by atoms with Gasteiger partial charge in [0.25, 0.3) is 0 Å². The Kier molecular flexibility index (Phi) is 3.97. The first-order chi connectivity index (χ1) is 8.24. The van der Waals surface area contributed by atoms with E-state index < -0.39 is 0 Å². The van der Waals surface area contributed by atoms with E-state index in [2.05, 4.69) is 4.90 Å². The summed E-state index contributed by atoms with van der Waals surface area (Å²) in [6, 6.07) is 5.10. The maximum atomic E-state index is 13.8. The molecule has 1 saturated heterocycles. The molecule has 0 spiro atoms. The summed E-state index contributed by atoms with van der Waals surface area (Å²) in [7, 11) is 1.52. The Morgan fingerprint density at radius 1 is 1.53 bits per heavy atom. The number of ether oxygens (including phenoxy) is 1. The zero-order valence-electron chi connectivity index (χ0n) is 10.0. The summed E-state index contributed by atoms with van der Waals surface area (Å²) in [4.78, 5) is 2.13. The molecule has 1 aliphatic rings. The Morgan fingerprint density at radius 2 is 2.35 bits per heavy atom. The van der Waals surface area contributed by atoms with Gasteiger partial charge in [0.15, 0.2) is 0 Å². The second-order valence-corrected chi connectivity index (χ2v) is 4.41. The predicted octanol–water partition coefficient (Wildman–Crippen LogP) is 1.79. The summed E-state index contributed by atoms with van der Waals surface area (Å²) < 4.78 is 18.7. The van der Waals surface area contributed by atoms with Gasteiger partial charge in [0.2, 0.25) is 0 Å². The van der Waals surface area contributed by atoms with Crippen LogP contribution in [0.5, 0.6) is 5.75 Å². The van der Waals surface area contributed by atoms with Gasteiger partial charge in [0, 0.05) is 24.2 Å². The maximum Gasteiger partial charge on any atom is 0.131 e. The van der Waals surface area contributed by atoms with Crippen molar-refractivity contribution in [2.24, 2.45) is 0 Å². The molecule has 1 N–H and O–H groups in total. The molecule has 1 aliphatic heterocycles. The average molecular weight is 239 g/mol. The van der Waals surface area contributed by atoms with E-state index in [-0.39, 0.29) is 18.5 Å². The SMILES string of the molecule is COc1ccc(CN2CCCC2CO)c(F)c1. The normalized spacial score (nSPS) is 20.8. The lowest BCUT2D eigenvalue weighted by atomic mass is 10.1. The largest absolute Gasteiger partial charge is 0.497 e. The lowest BCUT2D eigenvalue weighted by Crippen LogP contribution is -2.31. The first kappa shape index (κ1) is 12.3. The van der Waals surface area contributed by atoms with Crippen LogP contribution in [0.3, 0.4) is 0 Å². The number of aliphatic hydroxyl groups is 1. The number of rotatable bonds is 4. The van der Waals surface area contributed by atoms with Crippen LogP contribution in [0, 0.1) is 5.82 Å². The van der Waals surface area contributed by atoms with Gasteiger partial charge in [0.1, 0.15) is 11.6 Å². The van der Waals surface area contributed by atoms with Crippen molar-refractivity contribution in [1.29, 1.82) is 0 Å². The first-order valence-corrected chi connectivity index (χ1v) is 5.92. The van der Waals surface area contributed by atoms with E-state index >= 15 is 0 Å². The molecule has 0 bridgehead atoms. The van der Waals surface area contributed by atoms with Gasteiger partial charge >= 0.3 is 0 Å². The van der Waals surface area contributed by atoms with E-state index in [0.29, 0.717) is 17.9 Å². The summed E-state index contributed by atoms with van der Waals surface area (Å²) in [5.74, 6) is 0.291. The molecule has 1 aromatic carbocycles. The van der Waals surface area contributed by atoms with Gasteiger partial charge in [-0.25, -0.2) is 4.39 Å². The summed E-state index contributed by atoms with van der Waals surface area (Å²) in [6.45, 7) is 1.63. The van der Waals surface area contributed by atoms with E-state index in [1.165, 1.54) is 13.2 Å². The van der Waals surface area contributed by atoms with Crippen LogP contribution in [-0.4, -0.2) is 36.3 Å². The Morgan fingerprint density at radius 3 is 3.00 bits per heavy atom. The molecular weight excluding hydrogens is 221 g/mol. The third-order valence-corrected chi connectivity index (χ3v) is 3.34. The number of halogens is 1. The number of aliphatic hydroxyl groups excluding tert-OH is 1. The van der Waals surface area contributed by atoms with Crippen molar-refractivity contribution in [3.05, 3.63) is 29.6 Å². The third-order valence-electron chi connectivity index (χ3n) is 3.34. The van der Waals surface area contributed by atoms with Crippen LogP contribution in [0.4, 0.5) is 4.39 Å². The van der Waals surface area contributed by atoms with Gasteiger partial charge in [-0.2, -0.15) is 0 Å². The molecule has 1 atom stereocenters. The Bertz CT molecular complexity index is 384. The van der Waals surface area contributed by atoms with Crippen LogP contribution in [0.25, 0.3) is 0 Å². The molecule has 3 nitrogen and oxygen atoms in total. The molecule has 0 saturated carbocycles. The van der Waals surface area contributed by atoms with Gasteiger partial charge in [-0.15, -0.1) is 0 Å². The average Bonchev–Trinajstić information content (AvgIpc) is 2.79. The molecule has 0 radical (unpaired) electrons. The van der Waals surface area contributed by atoms with Crippen LogP contribution >= 0.6 is 0 Å². The van der Waals surface area contributed by atoms with E-state index in [0.717, 1.165) is 19.4 Å². The minimum atomic E-state index is -0.243. The quantitative estimate of drug-likeness (QED) is 0.869. The molecule has 17 heavy (non-hydrogen) atoms. The fraction of sp³-hybridized carbons (Fsp3) is 0.538. The molecule has 4 heteroatoms. The van der Waals surface area contributed by atoms with Crippen molar-refractivity contribution in [1.82, 2.24) is 4.90 Å². The molecular formula is C13H18FNO2. The standard InChI is InChI=1S/C13H18FNO2/c1-17-12-5-4-10(13(14)7-12)8-15-6-2-3-11(15)9-16/h4-5,7,11,16H,2-3,6,8-9H2,1H3. The van der Waals surface area contributed by atoms with Crippen molar-refractivity contribution >= 4 is 0 Å². The maximum absolute atomic E-state index is 13.8. The molecule has 1 fully saturated rings. The van der Waals surface area contributed by atoms with Crippen LogP contribution in [-0.2, 0) is 6.54 Å². The first-order valence-electron chi connectivity index (χ1n) is 5.92. The minimum Gasteiger partial charge on any atom is -0.497 e. The molecule has 0 amide bonds. The summed E-state index contributed by atoms with van der Waals surface area (Å²) >= 11 is 0. The number of benzene rings is 1. The van der Waals surface area contributed by atoms with Crippen LogP contribution in [0.2, 0.25) is 0 Å². The Labute approximate surface area is 101 Å². The van der Waals surface area contributed by atoms with E-state index in [9.17, 15) is 9.50 Å². The highest BCUT2D eigenvalue weighted by Gasteiger charge is 2.24. The lowest BCUT2D eigenvalue weighted by molar-refractivity contribution is 0.152. The zero-order chi connectivity index (χ0) is 12.3. The summed E-state index contributed by atoms with van der Waals surface area (Å²) in [5, 5.41) is 9.21. The number of hydrogen-bond donors (Lipinski definition) is 1. The molecule has 1 heterocycles. The zero-order valence-corrected chi connectivity index (χ0v) is 10.0. The highest BCUT2D eigenvalue weighted by Crippen LogP contribution is 2.22. The fourth-order valence-electron chi connectivity index (χ4n) is 2.31. The van der Waals surface area contributed by atoms with Crippen molar-refractivity contribution in [2.45, 2.75) is 25.4 Å². The number of nitrogens with zero attached hydrogens (tertiary/aromatic N) is 1. The minimum absolute atomic E-state index is 0.151.